The molecule has 0 saturated carbocycles. The zero-order chi connectivity index (χ0) is 14.4. The van der Waals surface area contributed by atoms with Crippen molar-refractivity contribution < 1.29 is 14.6 Å². The third-order valence-corrected chi connectivity index (χ3v) is 2.91. The van der Waals surface area contributed by atoms with E-state index in [4.69, 9.17) is 16.3 Å². The van der Waals surface area contributed by atoms with Crippen molar-refractivity contribution in [2.24, 2.45) is 0 Å². The van der Waals surface area contributed by atoms with E-state index >= 15 is 0 Å². The van der Waals surface area contributed by atoms with Crippen LogP contribution in [0.2, 0.25) is 5.02 Å². The van der Waals surface area contributed by atoms with Gasteiger partial charge in [0.15, 0.2) is 6.10 Å². The van der Waals surface area contributed by atoms with Crippen LogP contribution in [0.1, 0.15) is 27.2 Å². The average Bonchev–Trinajstić information content (AvgIpc) is 2.30. The first-order valence-corrected chi connectivity index (χ1v) is 6.67. The Hall–Kier alpha value is -1.26. The largest absolute Gasteiger partial charge is 0.479 e. The topological polar surface area (TPSA) is 58.6 Å². The Morgan fingerprint density at radius 2 is 2.00 bits per heavy atom. The number of carbonyl (C=O) groups excluding carboxylic acids is 1. The van der Waals surface area contributed by atoms with Gasteiger partial charge in [-0.05, 0) is 39.3 Å². The lowest BCUT2D eigenvalue weighted by atomic mass is 10.1. The lowest BCUT2D eigenvalue weighted by Crippen LogP contribution is -2.42. The molecule has 0 spiro atoms. The van der Waals surface area contributed by atoms with Crippen molar-refractivity contribution in [2.45, 2.75) is 45.4 Å². The number of aliphatic hydroxyl groups excluding tert-OH is 1. The third-order valence-electron chi connectivity index (χ3n) is 2.59. The van der Waals surface area contributed by atoms with E-state index in [2.05, 4.69) is 5.32 Å². The minimum Gasteiger partial charge on any atom is -0.479 e. The van der Waals surface area contributed by atoms with Crippen LogP contribution in [0.5, 0.6) is 5.75 Å². The summed E-state index contributed by atoms with van der Waals surface area (Å²) < 4.78 is 5.51. The molecule has 0 aliphatic heterocycles. The van der Waals surface area contributed by atoms with Crippen molar-refractivity contribution in [1.82, 2.24) is 5.32 Å². The van der Waals surface area contributed by atoms with Crippen LogP contribution in [0.3, 0.4) is 0 Å². The first kappa shape index (κ1) is 15.8. The Bertz CT molecular complexity index is 423. The normalized spacial score (nSPS) is 15.4. The van der Waals surface area contributed by atoms with Crippen molar-refractivity contribution in [3.8, 4) is 5.75 Å². The van der Waals surface area contributed by atoms with Crippen molar-refractivity contribution in [1.29, 1.82) is 0 Å². The molecule has 0 heterocycles. The molecule has 4 nitrogen and oxygen atoms in total. The number of nitrogens with one attached hydrogen (secondary N) is 1. The van der Waals surface area contributed by atoms with Crippen molar-refractivity contribution in [2.75, 3.05) is 0 Å². The van der Waals surface area contributed by atoms with E-state index in [1.165, 1.54) is 0 Å². The van der Waals surface area contributed by atoms with Crippen LogP contribution in [0.25, 0.3) is 0 Å². The van der Waals surface area contributed by atoms with Crippen LogP contribution in [-0.2, 0) is 4.79 Å². The number of hydrogen-bond donors (Lipinski definition) is 2. The van der Waals surface area contributed by atoms with Gasteiger partial charge >= 0.3 is 0 Å². The number of hydrogen-bond acceptors (Lipinski definition) is 3. The molecule has 2 N–H and O–H groups in total. The van der Waals surface area contributed by atoms with Gasteiger partial charge in [-0.1, -0.05) is 23.7 Å². The van der Waals surface area contributed by atoms with Crippen LogP contribution in [0.15, 0.2) is 24.3 Å². The number of rotatable bonds is 6. The molecule has 0 saturated heterocycles. The van der Waals surface area contributed by atoms with Gasteiger partial charge in [0.25, 0.3) is 5.91 Å². The lowest BCUT2D eigenvalue weighted by molar-refractivity contribution is -0.128. The second-order valence-electron chi connectivity index (χ2n) is 4.68. The third kappa shape index (κ3) is 5.49. The molecule has 1 amide bonds. The molecule has 3 atom stereocenters. The molecule has 1 rings (SSSR count). The highest BCUT2D eigenvalue weighted by Gasteiger charge is 2.18. The monoisotopic (exact) mass is 285 g/mol. The lowest BCUT2D eigenvalue weighted by Gasteiger charge is -2.19. The number of ether oxygens (including phenoxy) is 1. The summed E-state index contributed by atoms with van der Waals surface area (Å²) in [6, 6.07) is 6.90. The van der Waals surface area contributed by atoms with Gasteiger partial charge in [0.1, 0.15) is 5.75 Å². The molecule has 0 radical (unpaired) electrons. The zero-order valence-electron chi connectivity index (χ0n) is 11.4. The standard InChI is InChI=1S/C14H20ClNO3/c1-9(8-10(2)17)16-14(18)11(3)19-13-7-5-4-6-12(13)15/h4-7,9-11,17H,8H2,1-3H3,(H,16,18). The molecule has 3 unspecified atom stereocenters. The Labute approximate surface area is 118 Å². The van der Waals surface area contributed by atoms with Gasteiger partial charge in [0.2, 0.25) is 0 Å². The number of benzene rings is 1. The zero-order valence-corrected chi connectivity index (χ0v) is 12.1. The Morgan fingerprint density at radius 3 is 2.58 bits per heavy atom. The van der Waals surface area contributed by atoms with Gasteiger partial charge < -0.3 is 15.2 Å². The minimum absolute atomic E-state index is 0.107. The Balaban J connectivity index is 2.51. The van der Waals surface area contributed by atoms with Crippen LogP contribution < -0.4 is 10.1 Å². The van der Waals surface area contributed by atoms with Crippen LogP contribution in [-0.4, -0.2) is 29.3 Å². The summed E-state index contributed by atoms with van der Waals surface area (Å²) in [5, 5.41) is 12.5. The number of carbonyl (C=O) groups is 1. The van der Waals surface area contributed by atoms with Gasteiger partial charge in [-0.2, -0.15) is 0 Å². The van der Waals surface area contributed by atoms with E-state index in [0.717, 1.165) is 0 Å². The SMILES string of the molecule is CC(O)CC(C)NC(=O)C(C)Oc1ccccc1Cl. The highest BCUT2D eigenvalue weighted by molar-refractivity contribution is 6.32. The summed E-state index contributed by atoms with van der Waals surface area (Å²) >= 11 is 5.96. The first-order valence-electron chi connectivity index (χ1n) is 6.29. The predicted octanol–water partition coefficient (Wildman–Crippen LogP) is 2.38. The first-order chi connectivity index (χ1) is 8.90. The molecular formula is C14H20ClNO3. The maximum atomic E-state index is 11.9. The smallest absolute Gasteiger partial charge is 0.260 e. The number of aliphatic hydroxyl groups is 1. The van der Waals surface area contributed by atoms with Gasteiger partial charge in [0, 0.05) is 6.04 Å². The summed E-state index contributed by atoms with van der Waals surface area (Å²) in [6.07, 6.45) is -0.587. The Morgan fingerprint density at radius 1 is 1.37 bits per heavy atom. The molecule has 1 aromatic rings. The molecule has 19 heavy (non-hydrogen) atoms. The summed E-state index contributed by atoms with van der Waals surface area (Å²) in [4.78, 5) is 11.9. The highest BCUT2D eigenvalue weighted by Crippen LogP contribution is 2.24. The molecule has 0 aliphatic rings. The quantitative estimate of drug-likeness (QED) is 0.844. The van der Waals surface area contributed by atoms with E-state index in [0.29, 0.717) is 17.2 Å². The van der Waals surface area contributed by atoms with E-state index in [9.17, 15) is 9.90 Å². The minimum atomic E-state index is -0.642. The molecular weight excluding hydrogens is 266 g/mol. The fourth-order valence-corrected chi connectivity index (χ4v) is 1.90. The van der Waals surface area contributed by atoms with Crippen molar-refractivity contribution >= 4 is 17.5 Å². The predicted molar refractivity (Wildman–Crippen MR) is 75.4 cm³/mol. The van der Waals surface area contributed by atoms with E-state index in [-0.39, 0.29) is 11.9 Å². The second kappa shape index (κ2) is 7.36. The second-order valence-corrected chi connectivity index (χ2v) is 5.09. The van der Waals surface area contributed by atoms with Crippen LogP contribution in [0, 0.1) is 0 Å². The number of halogens is 1. The summed E-state index contributed by atoms with van der Waals surface area (Å²) in [7, 11) is 0. The highest BCUT2D eigenvalue weighted by atomic mass is 35.5. The van der Waals surface area contributed by atoms with Crippen molar-refractivity contribution in [3.63, 3.8) is 0 Å². The molecule has 0 aromatic heterocycles. The van der Waals surface area contributed by atoms with E-state index < -0.39 is 12.2 Å². The molecule has 106 valence electrons. The van der Waals surface area contributed by atoms with Gasteiger partial charge in [-0.25, -0.2) is 0 Å². The molecule has 1 aromatic carbocycles. The fourth-order valence-electron chi connectivity index (χ4n) is 1.72. The van der Waals surface area contributed by atoms with E-state index in [1.54, 1.807) is 38.1 Å². The number of para-hydroxylation sites is 1. The van der Waals surface area contributed by atoms with Crippen LogP contribution >= 0.6 is 11.6 Å². The summed E-state index contributed by atoms with van der Waals surface area (Å²) in [5.74, 6) is 0.253. The van der Waals surface area contributed by atoms with Gasteiger partial charge in [-0.3, -0.25) is 4.79 Å². The maximum absolute atomic E-state index is 11.9. The van der Waals surface area contributed by atoms with Gasteiger partial charge in [0.05, 0.1) is 11.1 Å². The molecule has 0 aliphatic carbocycles. The van der Waals surface area contributed by atoms with Gasteiger partial charge in [-0.15, -0.1) is 0 Å². The molecule has 5 heteroatoms. The maximum Gasteiger partial charge on any atom is 0.260 e. The summed E-state index contributed by atoms with van der Waals surface area (Å²) in [5.41, 5.74) is 0. The summed E-state index contributed by atoms with van der Waals surface area (Å²) in [6.45, 7) is 5.19. The Kier molecular flexibility index (Phi) is 6.12. The fraction of sp³-hybridized carbons (Fsp3) is 0.500. The van der Waals surface area contributed by atoms with Crippen molar-refractivity contribution in [3.05, 3.63) is 29.3 Å². The van der Waals surface area contributed by atoms with Crippen LogP contribution in [0.4, 0.5) is 0 Å². The number of amides is 1. The molecule has 0 bridgehead atoms. The van der Waals surface area contributed by atoms with E-state index in [1.807, 2.05) is 6.92 Å². The average molecular weight is 286 g/mol. The molecule has 0 fully saturated rings.